The molecule has 0 atom stereocenters. The summed E-state index contributed by atoms with van der Waals surface area (Å²) in [5.41, 5.74) is 5.53. The molecule has 1 aliphatic rings. The van der Waals surface area contributed by atoms with Crippen LogP contribution >= 0.6 is 0 Å². The molecule has 1 fully saturated rings. The predicted octanol–water partition coefficient (Wildman–Crippen LogP) is 6.72. The van der Waals surface area contributed by atoms with Gasteiger partial charge in [0.1, 0.15) is 5.57 Å². The fraction of sp³-hybridized carbons (Fsp3) is 0.147. The number of amides is 2. The van der Waals surface area contributed by atoms with E-state index in [1.165, 1.54) is 4.90 Å². The number of aromatic nitrogens is 1. The minimum Gasteiger partial charge on any atom is -0.336 e. The van der Waals surface area contributed by atoms with E-state index in [1.54, 1.807) is 6.08 Å². The Hall–Kier alpha value is -4.91. The monoisotopic (exact) mass is 536 g/mol. The first-order chi connectivity index (χ1) is 20.0. The van der Waals surface area contributed by atoms with Crippen LogP contribution in [0.5, 0.6) is 0 Å². The zero-order chi connectivity index (χ0) is 28.5. The van der Waals surface area contributed by atoms with Crippen molar-refractivity contribution in [3.8, 4) is 5.69 Å². The van der Waals surface area contributed by atoms with E-state index in [-0.39, 0.29) is 11.5 Å². The van der Waals surface area contributed by atoms with Gasteiger partial charge in [-0.3, -0.25) is 14.5 Å². The van der Waals surface area contributed by atoms with Crippen molar-refractivity contribution in [1.82, 2.24) is 14.3 Å². The number of nitrogens with zero attached hydrogens (tertiary/aromatic N) is 4. The van der Waals surface area contributed by atoms with Gasteiger partial charge in [-0.1, -0.05) is 74.0 Å². The summed E-state index contributed by atoms with van der Waals surface area (Å²) in [6, 6.07) is 32.0. The van der Waals surface area contributed by atoms with E-state index in [1.807, 2.05) is 79.7 Å². The Morgan fingerprint density at radius 2 is 1.51 bits per heavy atom. The van der Waals surface area contributed by atoms with Crippen LogP contribution in [0.2, 0.25) is 0 Å². The minimum absolute atomic E-state index is 0.0125. The van der Waals surface area contributed by atoms with Gasteiger partial charge in [-0.2, -0.15) is 0 Å². The van der Waals surface area contributed by atoms with Gasteiger partial charge < -0.3 is 9.38 Å². The lowest BCUT2D eigenvalue weighted by molar-refractivity contribution is -0.131. The zero-order valence-corrected chi connectivity index (χ0v) is 23.1. The lowest BCUT2D eigenvalue weighted by Crippen LogP contribution is -2.56. The van der Waals surface area contributed by atoms with E-state index in [0.29, 0.717) is 12.2 Å². The number of carbonyl (C=O) groups excluding carboxylic acids is 2. The average Bonchev–Trinajstić information content (AvgIpc) is 3.33. The van der Waals surface area contributed by atoms with E-state index in [0.717, 1.165) is 56.3 Å². The largest absolute Gasteiger partial charge is 0.336 e. The van der Waals surface area contributed by atoms with Gasteiger partial charge in [0.2, 0.25) is 13.9 Å². The first kappa shape index (κ1) is 26.3. The van der Waals surface area contributed by atoms with Gasteiger partial charge in [-0.15, -0.1) is 0 Å². The molecule has 1 aliphatic heterocycles. The number of fused-ring (bicyclic) bond motifs is 3. The fourth-order valence-corrected chi connectivity index (χ4v) is 5.33. The minimum atomic E-state index is -0.582. The number of hydrogen-bond donors (Lipinski definition) is 0. The molecule has 200 valence electrons. The van der Waals surface area contributed by atoms with Gasteiger partial charge in [-0.05, 0) is 66.9 Å². The Labute approximate surface area is 240 Å². The second-order valence-electron chi connectivity index (χ2n) is 10.2. The Kier molecular flexibility index (Phi) is 7.02. The lowest BCUT2D eigenvalue weighted by Gasteiger charge is -2.36. The number of aliphatic imine (C=N–C) groups is 1. The topological polar surface area (TPSA) is 57.9 Å². The van der Waals surface area contributed by atoms with Gasteiger partial charge in [0, 0.05) is 23.0 Å². The predicted molar refractivity (Wildman–Crippen MR) is 166 cm³/mol. The maximum Gasteiger partial charge on any atom is 0.266 e. The highest BCUT2D eigenvalue weighted by Crippen LogP contribution is 2.33. The molecule has 41 heavy (non-hydrogen) atoms. The number of rotatable bonds is 6. The quantitative estimate of drug-likeness (QED) is 0.138. The molecule has 6 rings (SSSR count). The number of unbranched alkanes of at least 4 members (excludes halogenated alkanes) is 1. The van der Waals surface area contributed by atoms with Crippen LogP contribution in [0.25, 0.3) is 33.6 Å². The Bertz CT molecular complexity index is 1860. The average molecular weight is 536 g/mol. The van der Waals surface area contributed by atoms with Gasteiger partial charge in [0.25, 0.3) is 11.8 Å². The highest BCUT2D eigenvalue weighted by molar-refractivity contribution is 6.40. The molecule has 0 spiro atoms. The zero-order valence-electron chi connectivity index (χ0n) is 23.1. The molecule has 2 heterocycles. The van der Waals surface area contributed by atoms with Crippen LogP contribution in [-0.4, -0.2) is 46.6 Å². The number of guanidine groups is 1. The molecule has 1 aromatic heterocycles. The summed E-state index contributed by atoms with van der Waals surface area (Å²) in [5, 5.41) is 2.12. The summed E-state index contributed by atoms with van der Waals surface area (Å²) in [5.74, 6) is -0.840. The molecule has 6 nitrogen and oxygen atoms in total. The smallest absolute Gasteiger partial charge is 0.266 e. The van der Waals surface area contributed by atoms with Crippen LogP contribution in [0.1, 0.15) is 30.9 Å². The summed E-state index contributed by atoms with van der Waals surface area (Å²) < 4.78 is 2.22. The molecule has 0 N–H and O–H groups in total. The van der Waals surface area contributed by atoms with Crippen LogP contribution in [0.4, 0.5) is 5.69 Å². The molecule has 0 aliphatic carbocycles. The van der Waals surface area contributed by atoms with Crippen molar-refractivity contribution in [2.45, 2.75) is 26.7 Å². The van der Waals surface area contributed by atoms with Crippen molar-refractivity contribution in [3.05, 3.63) is 114 Å². The van der Waals surface area contributed by atoms with Crippen LogP contribution in [0.3, 0.4) is 0 Å². The normalized spacial score (nSPS) is 16.0. The molecule has 7 heteroatoms. The van der Waals surface area contributed by atoms with Crippen molar-refractivity contribution in [2.75, 3.05) is 6.54 Å². The molecule has 0 saturated carbocycles. The van der Waals surface area contributed by atoms with E-state index >= 15 is 0 Å². The molecule has 2 amide bonds. The van der Waals surface area contributed by atoms with E-state index < -0.39 is 11.8 Å². The second kappa shape index (κ2) is 10.9. The molecule has 4 aromatic carbocycles. The van der Waals surface area contributed by atoms with Crippen molar-refractivity contribution < 1.29 is 9.59 Å². The third-order valence-electron chi connectivity index (χ3n) is 7.47. The van der Waals surface area contributed by atoms with E-state index in [2.05, 4.69) is 40.7 Å². The Balaban J connectivity index is 1.45. The molecule has 0 unspecified atom stereocenters. The standard InChI is InChI=1S/C34H29BN4O2/c1-3-4-20-37-32(40)28(33(41)39(35)34(37)36-29-16-10-8-12-23(29)2)22-24-18-19-31-27(21-24)26-15-9-11-17-30(26)38(31)25-13-6-5-7-14-25/h5-19,21-22H,3-4,20H2,1-2H3/b28-22+,36-34?. The summed E-state index contributed by atoms with van der Waals surface area (Å²) in [7, 11) is 6.34. The van der Waals surface area contributed by atoms with Crippen LogP contribution in [0, 0.1) is 6.92 Å². The molecule has 0 bridgehead atoms. The molecule has 5 aromatic rings. The molecular formula is C34H29BN4O2. The molecule has 2 radical (unpaired) electrons. The van der Waals surface area contributed by atoms with Gasteiger partial charge in [0.05, 0.1) is 16.7 Å². The highest BCUT2D eigenvalue weighted by atomic mass is 16.2. The summed E-state index contributed by atoms with van der Waals surface area (Å²) in [4.78, 5) is 34.5. The van der Waals surface area contributed by atoms with Crippen molar-refractivity contribution in [2.24, 2.45) is 4.99 Å². The number of benzene rings is 4. The SMILES string of the molecule is [B]N1C(=O)/C(=C/c2ccc3c(c2)c2ccccc2n3-c2ccccc2)C(=O)N(CCCC)C1=Nc1ccccc1C. The summed E-state index contributed by atoms with van der Waals surface area (Å²) in [6.45, 7) is 4.39. The number of carbonyl (C=O) groups is 2. The number of aryl methyl sites for hydroxylation is 1. The van der Waals surface area contributed by atoms with E-state index in [4.69, 9.17) is 7.98 Å². The number of para-hydroxylation sites is 3. The maximum atomic E-state index is 13.8. The second-order valence-corrected chi connectivity index (χ2v) is 10.2. The van der Waals surface area contributed by atoms with Gasteiger partial charge in [0.15, 0.2) is 0 Å². The fourth-order valence-electron chi connectivity index (χ4n) is 5.33. The molecule has 1 saturated heterocycles. The number of hydrogen-bond acceptors (Lipinski definition) is 3. The first-order valence-electron chi connectivity index (χ1n) is 13.8. The third kappa shape index (κ3) is 4.74. The summed E-state index contributed by atoms with van der Waals surface area (Å²) in [6.07, 6.45) is 3.27. The lowest BCUT2D eigenvalue weighted by atomic mass is 10.0. The summed E-state index contributed by atoms with van der Waals surface area (Å²) >= 11 is 0. The van der Waals surface area contributed by atoms with E-state index in [9.17, 15) is 9.59 Å². The van der Waals surface area contributed by atoms with Crippen molar-refractivity contribution in [1.29, 1.82) is 0 Å². The third-order valence-corrected chi connectivity index (χ3v) is 7.47. The van der Waals surface area contributed by atoms with Crippen LogP contribution < -0.4 is 0 Å². The highest BCUT2D eigenvalue weighted by Gasteiger charge is 2.38. The van der Waals surface area contributed by atoms with Gasteiger partial charge in [-0.25, -0.2) is 4.99 Å². The maximum absolute atomic E-state index is 13.8. The Morgan fingerprint density at radius 3 is 2.29 bits per heavy atom. The van der Waals surface area contributed by atoms with Crippen LogP contribution in [0.15, 0.2) is 108 Å². The Morgan fingerprint density at radius 1 is 0.805 bits per heavy atom. The van der Waals surface area contributed by atoms with Gasteiger partial charge >= 0.3 is 0 Å². The van der Waals surface area contributed by atoms with Crippen LogP contribution in [-0.2, 0) is 9.59 Å². The van der Waals surface area contributed by atoms with Crippen molar-refractivity contribution in [3.63, 3.8) is 0 Å². The first-order valence-corrected chi connectivity index (χ1v) is 13.8. The van der Waals surface area contributed by atoms with Crippen molar-refractivity contribution >= 4 is 59.3 Å². The molecular weight excluding hydrogens is 507 g/mol.